The standard InChI is InChI=1S/C18H34N2/c1-18(2)9-8-17(19-3)16(10-18)13-20(11-14-4-5-14)12-15-6-7-15/h14-17,19H,4-13H2,1-3H3. The van der Waals surface area contributed by atoms with Gasteiger partial charge in [-0.25, -0.2) is 0 Å². The Morgan fingerprint density at radius 1 is 0.950 bits per heavy atom. The van der Waals surface area contributed by atoms with Gasteiger partial charge >= 0.3 is 0 Å². The van der Waals surface area contributed by atoms with Crippen molar-refractivity contribution in [1.82, 2.24) is 10.2 Å². The summed E-state index contributed by atoms with van der Waals surface area (Å²) in [5.41, 5.74) is 0.558. The van der Waals surface area contributed by atoms with Crippen LogP contribution in [0.15, 0.2) is 0 Å². The van der Waals surface area contributed by atoms with Crippen LogP contribution >= 0.6 is 0 Å². The van der Waals surface area contributed by atoms with E-state index in [9.17, 15) is 0 Å². The number of hydrogen-bond donors (Lipinski definition) is 1. The van der Waals surface area contributed by atoms with Crippen LogP contribution < -0.4 is 5.32 Å². The Balaban J connectivity index is 1.57. The molecule has 2 atom stereocenters. The van der Waals surface area contributed by atoms with E-state index in [-0.39, 0.29) is 0 Å². The van der Waals surface area contributed by atoms with Gasteiger partial charge in [-0.15, -0.1) is 0 Å². The topological polar surface area (TPSA) is 15.3 Å². The van der Waals surface area contributed by atoms with Crippen molar-refractivity contribution < 1.29 is 0 Å². The van der Waals surface area contributed by atoms with E-state index in [0.717, 1.165) is 23.8 Å². The Bertz CT molecular complexity index is 303. The fraction of sp³-hybridized carbons (Fsp3) is 1.00. The second kappa shape index (κ2) is 5.96. The highest BCUT2D eigenvalue weighted by atomic mass is 15.1. The van der Waals surface area contributed by atoms with Crippen LogP contribution in [0.1, 0.15) is 58.8 Å². The average Bonchev–Trinajstić information content (AvgIpc) is 3.24. The first-order chi connectivity index (χ1) is 9.55. The van der Waals surface area contributed by atoms with Crippen LogP contribution in [0, 0.1) is 23.2 Å². The van der Waals surface area contributed by atoms with Gasteiger partial charge in [0.15, 0.2) is 0 Å². The van der Waals surface area contributed by atoms with Crippen molar-refractivity contribution in [3.8, 4) is 0 Å². The molecule has 116 valence electrons. The van der Waals surface area contributed by atoms with Gasteiger partial charge in [0.2, 0.25) is 0 Å². The minimum atomic E-state index is 0.558. The minimum Gasteiger partial charge on any atom is -0.317 e. The molecular formula is C18H34N2. The summed E-state index contributed by atoms with van der Waals surface area (Å²) in [6, 6.07) is 0.754. The lowest BCUT2D eigenvalue weighted by Gasteiger charge is -2.43. The maximum atomic E-state index is 3.61. The van der Waals surface area contributed by atoms with Gasteiger partial charge in [-0.3, -0.25) is 0 Å². The molecule has 0 bridgehead atoms. The summed E-state index contributed by atoms with van der Waals surface area (Å²) in [4.78, 5) is 2.84. The molecule has 0 aromatic carbocycles. The second-order valence-electron chi connectivity index (χ2n) is 8.67. The summed E-state index contributed by atoms with van der Waals surface area (Å²) < 4.78 is 0. The van der Waals surface area contributed by atoms with E-state index < -0.39 is 0 Å². The van der Waals surface area contributed by atoms with Crippen molar-refractivity contribution in [3.63, 3.8) is 0 Å². The first kappa shape index (κ1) is 14.8. The highest BCUT2D eigenvalue weighted by molar-refractivity contribution is 4.91. The van der Waals surface area contributed by atoms with Gasteiger partial charge in [0.25, 0.3) is 0 Å². The highest BCUT2D eigenvalue weighted by Gasteiger charge is 2.37. The molecule has 2 nitrogen and oxygen atoms in total. The maximum absolute atomic E-state index is 3.61. The molecule has 2 unspecified atom stereocenters. The molecule has 0 spiro atoms. The number of rotatable bonds is 7. The van der Waals surface area contributed by atoms with Gasteiger partial charge in [-0.05, 0) is 75.2 Å². The fourth-order valence-electron chi connectivity index (χ4n) is 4.19. The predicted octanol–water partition coefficient (Wildman–Crippen LogP) is 3.52. The molecule has 1 N–H and O–H groups in total. The lowest BCUT2D eigenvalue weighted by Crippen LogP contribution is -2.47. The first-order valence-corrected chi connectivity index (χ1v) is 8.95. The third-order valence-corrected chi connectivity index (χ3v) is 5.81. The SMILES string of the molecule is CNC1CCC(C)(C)CC1CN(CC1CC1)CC1CC1. The molecule has 0 saturated heterocycles. The summed E-state index contributed by atoms with van der Waals surface area (Å²) in [6.07, 6.45) is 10.1. The maximum Gasteiger partial charge on any atom is 0.0105 e. The Morgan fingerprint density at radius 2 is 1.55 bits per heavy atom. The normalized spacial score (nSPS) is 33.6. The smallest absolute Gasteiger partial charge is 0.0105 e. The zero-order valence-electron chi connectivity index (χ0n) is 13.8. The van der Waals surface area contributed by atoms with Crippen LogP contribution in [0.25, 0.3) is 0 Å². The van der Waals surface area contributed by atoms with Crippen LogP contribution in [-0.2, 0) is 0 Å². The summed E-state index contributed by atoms with van der Waals surface area (Å²) >= 11 is 0. The van der Waals surface area contributed by atoms with Crippen molar-refractivity contribution in [2.45, 2.75) is 64.8 Å². The van der Waals surface area contributed by atoms with E-state index >= 15 is 0 Å². The van der Waals surface area contributed by atoms with Crippen molar-refractivity contribution >= 4 is 0 Å². The Labute approximate surface area is 125 Å². The van der Waals surface area contributed by atoms with Crippen molar-refractivity contribution in [2.75, 3.05) is 26.7 Å². The fourth-order valence-corrected chi connectivity index (χ4v) is 4.19. The summed E-state index contributed by atoms with van der Waals surface area (Å²) in [5.74, 6) is 2.94. The third-order valence-electron chi connectivity index (χ3n) is 5.81. The van der Waals surface area contributed by atoms with E-state index in [1.54, 1.807) is 0 Å². The molecule has 3 aliphatic rings. The predicted molar refractivity (Wildman–Crippen MR) is 85.9 cm³/mol. The van der Waals surface area contributed by atoms with Crippen LogP contribution in [0.2, 0.25) is 0 Å². The monoisotopic (exact) mass is 278 g/mol. The molecule has 3 aliphatic carbocycles. The van der Waals surface area contributed by atoms with Gasteiger partial charge in [0.05, 0.1) is 0 Å². The van der Waals surface area contributed by atoms with Gasteiger partial charge < -0.3 is 10.2 Å². The largest absolute Gasteiger partial charge is 0.317 e. The molecule has 3 fully saturated rings. The summed E-state index contributed by atoms with van der Waals surface area (Å²) in [6.45, 7) is 9.08. The Kier molecular flexibility index (Phi) is 4.42. The zero-order chi connectivity index (χ0) is 14.2. The molecule has 0 heterocycles. The quantitative estimate of drug-likeness (QED) is 0.766. The summed E-state index contributed by atoms with van der Waals surface area (Å²) in [7, 11) is 2.17. The van der Waals surface area contributed by atoms with Crippen LogP contribution in [0.3, 0.4) is 0 Å². The molecule has 20 heavy (non-hydrogen) atoms. The van der Waals surface area contributed by atoms with Crippen LogP contribution in [0.4, 0.5) is 0 Å². The lowest BCUT2D eigenvalue weighted by molar-refractivity contribution is 0.0989. The van der Waals surface area contributed by atoms with E-state index in [4.69, 9.17) is 0 Å². The minimum absolute atomic E-state index is 0.558. The molecule has 2 heteroatoms. The average molecular weight is 278 g/mol. The first-order valence-electron chi connectivity index (χ1n) is 8.95. The Hall–Kier alpha value is -0.0800. The third kappa shape index (κ3) is 4.21. The van der Waals surface area contributed by atoms with Crippen molar-refractivity contribution in [2.24, 2.45) is 23.2 Å². The lowest BCUT2D eigenvalue weighted by atomic mass is 9.69. The van der Waals surface area contributed by atoms with E-state index in [0.29, 0.717) is 5.41 Å². The highest BCUT2D eigenvalue weighted by Crippen LogP contribution is 2.40. The van der Waals surface area contributed by atoms with E-state index in [1.807, 2.05) is 0 Å². The van der Waals surface area contributed by atoms with Gasteiger partial charge in [0, 0.05) is 25.7 Å². The van der Waals surface area contributed by atoms with E-state index in [1.165, 1.54) is 64.6 Å². The van der Waals surface area contributed by atoms with Crippen molar-refractivity contribution in [1.29, 1.82) is 0 Å². The molecule has 0 amide bonds. The van der Waals surface area contributed by atoms with Gasteiger partial charge in [-0.2, -0.15) is 0 Å². The second-order valence-corrected chi connectivity index (χ2v) is 8.67. The van der Waals surface area contributed by atoms with Crippen LogP contribution in [-0.4, -0.2) is 37.6 Å². The molecule has 0 aliphatic heterocycles. The molecular weight excluding hydrogens is 244 g/mol. The molecule has 0 aromatic heterocycles. The zero-order valence-corrected chi connectivity index (χ0v) is 13.8. The Morgan fingerprint density at radius 3 is 2.05 bits per heavy atom. The molecule has 0 radical (unpaired) electrons. The number of hydrogen-bond acceptors (Lipinski definition) is 2. The van der Waals surface area contributed by atoms with E-state index in [2.05, 4.69) is 31.1 Å². The summed E-state index contributed by atoms with van der Waals surface area (Å²) in [5, 5.41) is 3.61. The molecule has 3 saturated carbocycles. The van der Waals surface area contributed by atoms with Gasteiger partial charge in [-0.1, -0.05) is 13.8 Å². The number of nitrogens with zero attached hydrogens (tertiary/aromatic N) is 1. The van der Waals surface area contributed by atoms with Gasteiger partial charge in [0.1, 0.15) is 0 Å². The number of nitrogens with one attached hydrogen (secondary N) is 1. The van der Waals surface area contributed by atoms with Crippen LogP contribution in [0.5, 0.6) is 0 Å². The molecule has 0 aromatic rings. The molecule has 3 rings (SSSR count). The van der Waals surface area contributed by atoms with Crippen molar-refractivity contribution in [3.05, 3.63) is 0 Å².